The number of carbonyl (C=O) groups excluding carboxylic acids is 3. The molecule has 1 fully saturated rings. The van der Waals surface area contributed by atoms with Crippen molar-refractivity contribution in [3.05, 3.63) is 246 Å². The van der Waals surface area contributed by atoms with Crippen molar-refractivity contribution in [3.8, 4) is 44.5 Å². The summed E-state index contributed by atoms with van der Waals surface area (Å²) in [5.41, 5.74) is 16.5. The zero-order chi connectivity index (χ0) is 73.9. The number of carbonyl (C=O) groups is 3. The van der Waals surface area contributed by atoms with Gasteiger partial charge in [0.1, 0.15) is 34.3 Å². The zero-order valence-electron chi connectivity index (χ0n) is 62.2. The third-order valence-corrected chi connectivity index (χ3v) is 18.9. The molecular formula is C80H105Cl3F4MgN12O7S2. The van der Waals surface area contributed by atoms with Crippen LogP contribution in [0.2, 0.25) is 0 Å². The van der Waals surface area contributed by atoms with Crippen molar-refractivity contribution < 1.29 is 62.2 Å². The molecule has 4 aromatic heterocycles. The molecule has 6 heterocycles. The number of nitrogens with one attached hydrogen (secondary N) is 1. The van der Waals surface area contributed by atoms with Crippen LogP contribution in [-0.2, 0) is 66.2 Å². The molecule has 29 heteroatoms. The number of aldehydes is 1. The molecule has 10 aromatic rings. The maximum atomic E-state index is 14.7. The first-order valence-corrected chi connectivity index (χ1v) is 34.8. The van der Waals surface area contributed by atoms with Crippen molar-refractivity contribution in [2.24, 2.45) is 38.3 Å². The van der Waals surface area contributed by atoms with Gasteiger partial charge in [-0.1, -0.05) is 101 Å². The Morgan fingerprint density at radius 3 is 1.36 bits per heavy atom. The number of fused-ring (bicyclic) bond motifs is 1. The summed E-state index contributed by atoms with van der Waals surface area (Å²) in [6, 6.07) is 33.2. The molecule has 1 saturated heterocycles. The van der Waals surface area contributed by atoms with Gasteiger partial charge in [-0.2, -0.15) is 24.8 Å². The fourth-order valence-electron chi connectivity index (χ4n) is 10.1. The predicted octanol–water partition coefficient (Wildman–Crippen LogP) is 14.5. The van der Waals surface area contributed by atoms with Crippen LogP contribution in [0, 0.1) is 30.7 Å². The Morgan fingerprint density at radius 1 is 0.596 bits per heavy atom. The minimum atomic E-state index is -1.39. The van der Waals surface area contributed by atoms with E-state index < -0.39 is 38.5 Å². The van der Waals surface area contributed by atoms with Gasteiger partial charge < -0.3 is 39.9 Å². The fourth-order valence-corrected chi connectivity index (χ4v) is 11.4. The molecule has 6 aromatic carbocycles. The number of benzene rings is 6. The van der Waals surface area contributed by atoms with Gasteiger partial charge in [-0.3, -0.25) is 28.3 Å². The average molecular weight is 1620 g/mol. The Bertz CT molecular complexity index is 4550. The fraction of sp³-hybridized carbons (Fsp3) is 0.338. The van der Waals surface area contributed by atoms with E-state index in [1.54, 1.807) is 110 Å². The second-order valence-corrected chi connectivity index (χ2v) is 29.9. The van der Waals surface area contributed by atoms with Crippen LogP contribution in [0.4, 0.5) is 17.6 Å². The number of rotatable bonds is 14. The molecule has 2 aliphatic rings. The SMILES string of the molecule is C.C.C.C1CCOC1.CC(N)c1ccc(-c2cnn(C)c2)cc1F.CC(NS(=O)C(C)(C)C)c1ccc(-c2cnn(C)c2)cc1F.CC(c1ccc(-c2cnn(C)c2)cc1F)N1Cc2ccccc2C1=O.COC(=O)c1ccccc1C=O.Cl.Cl.Cn1cc(-c2ccc(C=NS(=O)C(C)(C)C)c(F)c2)cn1.[CH3-].[Cl-].[Mg+2]. The maximum Gasteiger partial charge on any atom is 2.00 e. The second-order valence-electron chi connectivity index (χ2n) is 25.9. The van der Waals surface area contributed by atoms with Crippen molar-refractivity contribution in [1.82, 2.24) is 48.7 Å². The number of aromatic nitrogens is 8. The van der Waals surface area contributed by atoms with Crippen LogP contribution in [0.15, 0.2) is 175 Å². The predicted molar refractivity (Wildman–Crippen MR) is 437 cm³/mol. The molecule has 5 unspecified atom stereocenters. The molecule has 5 atom stereocenters. The summed E-state index contributed by atoms with van der Waals surface area (Å²) in [5, 5.41) is 16.3. The average Bonchev–Trinajstić information content (AvgIpc) is 1.65. The summed E-state index contributed by atoms with van der Waals surface area (Å²) in [6.45, 7) is 19.1. The third kappa shape index (κ3) is 29.6. The Hall–Kier alpha value is -8.02. The van der Waals surface area contributed by atoms with Crippen LogP contribution in [0.3, 0.4) is 0 Å². The third-order valence-electron chi connectivity index (χ3n) is 15.9. The molecule has 1 amide bonds. The monoisotopic (exact) mass is 1610 g/mol. The molecule has 12 rings (SSSR count). The number of halogens is 7. The number of aryl methyl sites for hydroxylation is 4. The van der Waals surface area contributed by atoms with Gasteiger partial charge in [-0.15, -0.1) is 24.8 Å². The zero-order valence-corrected chi connectivity index (χ0v) is 67.7. The van der Waals surface area contributed by atoms with E-state index in [1.807, 2.05) is 151 Å². The summed E-state index contributed by atoms with van der Waals surface area (Å²) < 4.78 is 103. The van der Waals surface area contributed by atoms with Crippen LogP contribution in [-0.4, -0.2) is 130 Å². The van der Waals surface area contributed by atoms with Crippen molar-refractivity contribution in [3.63, 3.8) is 0 Å². The molecule has 590 valence electrons. The molecule has 0 radical (unpaired) electrons. The van der Waals surface area contributed by atoms with Crippen molar-refractivity contribution in [2.75, 3.05) is 20.3 Å². The van der Waals surface area contributed by atoms with Crippen LogP contribution in [0.1, 0.15) is 174 Å². The molecular weight excluding hydrogens is 1510 g/mol. The standard InChI is InChI=1S/C20H18FN3O.C16H22FN3OS.C15H18FN3OS.C12H14FN3.C9H8O3.C4H8O.3CH4.CH3.3ClH.Mg/c1-13(24-12-15-5-3-4-6-18(15)20(24)25)17-8-7-14(9-19(17)21)16-10-22-23(2)11-16;1-11(19-22(21)16(2,3)4)14-7-6-12(8-15(14)17)13-9-18-20(5)10-13;1-15(2,3)21(20)18-9-12-6-5-11(7-14(12)16)13-8-17-19(4)10-13;1-8(14)11-4-3-9(5-12(11)13)10-6-15-16(2)7-10;1-12-9(11)8-5-3-2-4-7(8)6-10;1-2-4-5-3-1;;;;;;;;/h3-11,13H,12H2,1-2H3;6-11,19H,1-5H3;5-10H,1-4H3;3-8H,14H2,1-2H3;2-6H,1H3;1-4H2;3*1H4;1H3;3*1H;/q;;;;;;;;;-1;;;;+2/p-1. The van der Waals surface area contributed by atoms with E-state index in [4.69, 9.17) is 10.5 Å². The minimum Gasteiger partial charge on any atom is -1.00 e. The largest absolute Gasteiger partial charge is 2.00 e. The van der Waals surface area contributed by atoms with Gasteiger partial charge in [0.15, 0.2) is 6.29 Å². The number of amides is 1. The number of nitrogens with two attached hydrogens (primary N) is 1. The van der Waals surface area contributed by atoms with E-state index >= 15 is 0 Å². The first-order chi connectivity index (χ1) is 47.9. The van der Waals surface area contributed by atoms with E-state index in [0.717, 1.165) is 63.3 Å². The molecule has 109 heavy (non-hydrogen) atoms. The summed E-state index contributed by atoms with van der Waals surface area (Å²) in [5.74, 6) is -1.82. The van der Waals surface area contributed by atoms with Crippen molar-refractivity contribution >= 4 is 94.2 Å². The molecule has 3 N–H and O–H groups in total. The molecule has 0 aliphatic carbocycles. The van der Waals surface area contributed by atoms with E-state index in [9.17, 15) is 40.4 Å². The van der Waals surface area contributed by atoms with Crippen LogP contribution >= 0.6 is 24.8 Å². The number of methoxy groups -OCH3 is 1. The molecule has 0 saturated carbocycles. The maximum absolute atomic E-state index is 14.7. The minimum absolute atomic E-state index is 0. The Balaban J connectivity index is 0. The summed E-state index contributed by atoms with van der Waals surface area (Å²) in [4.78, 5) is 35.8. The first kappa shape index (κ1) is 103. The number of esters is 1. The van der Waals surface area contributed by atoms with E-state index in [-0.39, 0.29) is 136 Å². The Morgan fingerprint density at radius 2 is 1.00 bits per heavy atom. The number of hydrogen-bond donors (Lipinski definition) is 2. The van der Waals surface area contributed by atoms with Gasteiger partial charge >= 0.3 is 29.0 Å². The normalized spacial score (nSPS) is 13.0. The molecule has 0 spiro atoms. The van der Waals surface area contributed by atoms with Crippen molar-refractivity contribution in [2.45, 2.75) is 132 Å². The first-order valence-electron chi connectivity index (χ1n) is 32.5. The smallest absolute Gasteiger partial charge is 1.00 e. The van der Waals surface area contributed by atoms with Gasteiger partial charge in [0.2, 0.25) is 0 Å². The Labute approximate surface area is 681 Å². The van der Waals surface area contributed by atoms with Gasteiger partial charge in [-0.25, -0.2) is 35.5 Å². The number of nitrogens with zero attached hydrogens (tertiary/aromatic N) is 10. The van der Waals surface area contributed by atoms with Crippen LogP contribution in [0.5, 0.6) is 0 Å². The van der Waals surface area contributed by atoms with Crippen molar-refractivity contribution in [1.29, 1.82) is 0 Å². The van der Waals surface area contributed by atoms with E-state index in [0.29, 0.717) is 51.8 Å². The molecule has 19 nitrogen and oxygen atoms in total. The van der Waals surface area contributed by atoms with Crippen LogP contribution in [0.25, 0.3) is 44.5 Å². The van der Waals surface area contributed by atoms with E-state index in [2.05, 4.69) is 34.3 Å². The Kier molecular flexibility index (Phi) is 45.3. The van der Waals surface area contributed by atoms with Gasteiger partial charge in [0.05, 0.1) is 64.0 Å². The quantitative estimate of drug-likeness (QED) is 0.0259. The molecule has 2 aliphatic heterocycles. The van der Waals surface area contributed by atoms with Crippen LogP contribution < -0.4 is 22.9 Å². The number of ether oxygens (including phenoxy) is 2. The second kappa shape index (κ2) is 47.9. The van der Waals surface area contributed by atoms with Gasteiger partial charge in [0.25, 0.3) is 5.91 Å². The summed E-state index contributed by atoms with van der Waals surface area (Å²) >= 11 is 0. The topological polar surface area (TPSA) is 229 Å². The van der Waals surface area contributed by atoms with Gasteiger partial charge in [0, 0.05) is 147 Å². The number of hydrogen-bond acceptors (Lipinski definition) is 12. The summed E-state index contributed by atoms with van der Waals surface area (Å²) in [6.07, 6.45) is 18.7. The van der Waals surface area contributed by atoms with E-state index in [1.165, 1.54) is 50.4 Å². The molecule has 0 bridgehead atoms. The van der Waals surface area contributed by atoms with Gasteiger partial charge in [-0.05, 0) is 145 Å². The summed E-state index contributed by atoms with van der Waals surface area (Å²) in [7, 11) is 5.93.